The molecule has 26 N–H and O–H groups in total. The highest BCUT2D eigenvalue weighted by molar-refractivity contribution is 7.80. The summed E-state index contributed by atoms with van der Waals surface area (Å²) in [6.07, 6.45) is 11.4. The Morgan fingerprint density at radius 1 is 0.245 bits per heavy atom. The molecule has 13 amide bonds. The Kier molecular flexibility index (Phi) is 57.1. The SMILES string of the molecule is CCCCCCCC(=O)N[C@@H](CC(C)C)C(=O)N[C@@H](CCCCN)C(=O)N[C@@H](CCCCN)C(=O)N[C@@H](CC(C)C)C(=O)N[C@@H](CC(C)C)C(=O)N[C@@H](CCCCN)C(=O)N[C@@H](CCCCN)C(=O)N[C@@H](CC(C)C)C(=O)N[C@@H](CCCCN)C(=O)N[C@@H](CCCCN)C(=O)N[C@@H](CC(C)C)C(=O)N[C@@H](CS)C(N)=O. The quantitative estimate of drug-likeness (QED) is 0.0304. The van der Waals surface area contributed by atoms with Gasteiger partial charge in [0.2, 0.25) is 76.8 Å². The molecule has 110 heavy (non-hydrogen) atoms. The molecule has 0 aliphatic carbocycles. The van der Waals surface area contributed by atoms with Crippen LogP contribution in [0.25, 0.3) is 0 Å². The third-order valence-corrected chi connectivity index (χ3v) is 18.9. The van der Waals surface area contributed by atoms with Crippen LogP contribution in [0.3, 0.4) is 0 Å². The van der Waals surface area contributed by atoms with Crippen LogP contribution in [0.1, 0.15) is 262 Å². The van der Waals surface area contributed by atoms with Crippen LogP contribution in [-0.4, -0.2) is 194 Å². The van der Waals surface area contributed by atoms with Crippen molar-refractivity contribution in [3.05, 3.63) is 0 Å². The van der Waals surface area contributed by atoms with Crippen LogP contribution in [0.15, 0.2) is 0 Å². The van der Waals surface area contributed by atoms with Crippen molar-refractivity contribution >= 4 is 89.4 Å². The Balaban J connectivity index is 7.28. The van der Waals surface area contributed by atoms with Gasteiger partial charge in [0.05, 0.1) is 0 Å². The molecular formula is C77H149N19O13S. The Bertz CT molecular complexity index is 2720. The predicted molar refractivity (Wildman–Crippen MR) is 434 cm³/mol. The van der Waals surface area contributed by atoms with Gasteiger partial charge < -0.3 is 104 Å². The summed E-state index contributed by atoms with van der Waals surface area (Å²) in [7, 11) is 0. The molecule has 0 saturated carbocycles. The van der Waals surface area contributed by atoms with Gasteiger partial charge >= 0.3 is 0 Å². The third kappa shape index (κ3) is 46.3. The van der Waals surface area contributed by atoms with Gasteiger partial charge in [0, 0.05) is 12.2 Å². The van der Waals surface area contributed by atoms with Crippen LogP contribution in [0.2, 0.25) is 0 Å². The molecule has 0 bridgehead atoms. The number of nitrogens with two attached hydrogens (primary N) is 7. The fourth-order valence-corrected chi connectivity index (χ4v) is 12.7. The summed E-state index contributed by atoms with van der Waals surface area (Å²) in [4.78, 5) is 184. The molecule has 636 valence electrons. The van der Waals surface area contributed by atoms with Gasteiger partial charge in [-0.1, -0.05) is 102 Å². The van der Waals surface area contributed by atoms with E-state index in [1.165, 1.54) is 0 Å². The van der Waals surface area contributed by atoms with Crippen LogP contribution >= 0.6 is 12.6 Å². The number of unbranched alkanes of at least 4 members (excludes halogenated alkanes) is 10. The first kappa shape index (κ1) is 103. The molecule has 0 radical (unpaired) electrons. The monoisotopic (exact) mass is 1580 g/mol. The maximum atomic E-state index is 14.8. The molecule has 0 rings (SSSR count). The molecule has 0 aliphatic rings. The average Bonchev–Trinajstić information content (AvgIpc) is 0.858. The average molecular weight is 1580 g/mol. The molecule has 0 spiro atoms. The lowest BCUT2D eigenvalue weighted by Crippen LogP contribution is -2.61. The van der Waals surface area contributed by atoms with Gasteiger partial charge in [0.25, 0.3) is 0 Å². The van der Waals surface area contributed by atoms with E-state index in [0.29, 0.717) is 103 Å². The Labute approximate surface area is 662 Å². The van der Waals surface area contributed by atoms with Crippen molar-refractivity contribution < 1.29 is 62.3 Å². The van der Waals surface area contributed by atoms with Crippen molar-refractivity contribution in [1.29, 1.82) is 0 Å². The van der Waals surface area contributed by atoms with Crippen molar-refractivity contribution in [2.75, 3.05) is 45.0 Å². The summed E-state index contributed by atoms with van der Waals surface area (Å²) >= 11 is 4.13. The number of carbonyl (C=O) groups excluding carboxylic acids is 13. The fraction of sp³-hybridized carbons (Fsp3) is 0.831. The number of nitrogens with one attached hydrogen (secondary N) is 12. The van der Waals surface area contributed by atoms with E-state index in [0.717, 1.165) is 25.7 Å². The summed E-state index contributed by atoms with van der Waals surface area (Å²) in [5, 5.41) is 33.7. The Hall–Kier alpha value is -6.78. The normalized spacial score (nSPS) is 14.8. The first-order valence-corrected chi connectivity index (χ1v) is 41.5. The number of carbonyl (C=O) groups is 13. The van der Waals surface area contributed by atoms with Gasteiger partial charge in [0.1, 0.15) is 72.5 Å². The summed E-state index contributed by atoms with van der Waals surface area (Å²) in [5.41, 5.74) is 40.8. The van der Waals surface area contributed by atoms with E-state index < -0.39 is 143 Å². The van der Waals surface area contributed by atoms with Gasteiger partial charge in [-0.05, 0) is 223 Å². The molecule has 0 aromatic carbocycles. The van der Waals surface area contributed by atoms with E-state index in [1.54, 1.807) is 0 Å². The summed E-state index contributed by atoms with van der Waals surface area (Å²) in [6, 6.07) is -14.4. The second-order valence-corrected chi connectivity index (χ2v) is 31.8. The lowest BCUT2D eigenvalue weighted by molar-refractivity contribution is -0.136. The molecule has 33 heteroatoms. The minimum atomic E-state index is -1.30. The zero-order valence-electron chi connectivity index (χ0n) is 68.6. The van der Waals surface area contributed by atoms with Crippen molar-refractivity contribution in [2.24, 2.45) is 69.7 Å². The van der Waals surface area contributed by atoms with Gasteiger partial charge in [0.15, 0.2) is 0 Å². The number of hydrogen-bond donors (Lipinski definition) is 20. The minimum Gasteiger partial charge on any atom is -0.368 e. The fourth-order valence-electron chi connectivity index (χ4n) is 12.4. The predicted octanol–water partition coefficient (Wildman–Crippen LogP) is 1.58. The van der Waals surface area contributed by atoms with E-state index in [9.17, 15) is 62.3 Å². The van der Waals surface area contributed by atoms with Crippen LogP contribution in [-0.2, 0) is 62.3 Å². The molecule has 12 atom stereocenters. The van der Waals surface area contributed by atoms with Gasteiger partial charge in [-0.15, -0.1) is 0 Å². The topological polar surface area (TPSA) is 548 Å². The molecule has 0 aromatic heterocycles. The van der Waals surface area contributed by atoms with Crippen LogP contribution < -0.4 is 104 Å². The van der Waals surface area contributed by atoms with Crippen LogP contribution in [0.5, 0.6) is 0 Å². The highest BCUT2D eigenvalue weighted by atomic mass is 32.1. The maximum absolute atomic E-state index is 14.8. The number of amides is 13. The smallest absolute Gasteiger partial charge is 0.243 e. The van der Waals surface area contributed by atoms with Gasteiger partial charge in [-0.25, -0.2) is 0 Å². The lowest BCUT2D eigenvalue weighted by Gasteiger charge is -2.29. The van der Waals surface area contributed by atoms with Gasteiger partial charge in [-0.3, -0.25) is 62.3 Å². The third-order valence-electron chi connectivity index (χ3n) is 18.5. The first-order valence-electron chi connectivity index (χ1n) is 40.9. The van der Waals surface area contributed by atoms with Crippen molar-refractivity contribution in [3.8, 4) is 0 Å². The molecule has 0 fully saturated rings. The van der Waals surface area contributed by atoms with E-state index in [4.69, 9.17) is 40.1 Å². The summed E-state index contributed by atoms with van der Waals surface area (Å²) in [6.45, 7) is 22.3. The minimum absolute atomic E-state index is 0.0103. The molecule has 0 aliphatic heterocycles. The van der Waals surface area contributed by atoms with Crippen LogP contribution in [0.4, 0.5) is 0 Å². The van der Waals surface area contributed by atoms with E-state index in [2.05, 4.69) is 83.4 Å². The highest BCUT2D eigenvalue weighted by Gasteiger charge is 2.38. The molecule has 0 aromatic rings. The molecule has 0 heterocycles. The number of hydrogen-bond acceptors (Lipinski definition) is 20. The molecule has 0 unspecified atom stereocenters. The van der Waals surface area contributed by atoms with E-state index in [1.807, 2.05) is 69.2 Å². The zero-order valence-corrected chi connectivity index (χ0v) is 69.5. The van der Waals surface area contributed by atoms with Crippen molar-refractivity contribution in [1.82, 2.24) is 63.8 Å². The lowest BCUT2D eigenvalue weighted by atomic mass is 9.98. The molecule has 32 nitrogen and oxygen atoms in total. The molecule has 0 saturated heterocycles. The standard InChI is InChI=1S/C77H149N19O13S/c1-12-13-14-15-16-35-65(97)85-59(42-48(2)3)73(105)89-53(29-17-23-36-78)67(99)86-57(33-21-27-40-82)71(103)93-62(45-51(8)9)76(108)95-61(44-50(6)7)75(107)91-55(31-19-25-38-80)69(101)87-56(32-20-26-39-81)70(102)92-60(43-49(4)5)74(106)90-54(30-18-24-37-79)68(100)88-58(34-22-28-41-83)72(104)94-63(46-52(10)11)77(109)96-64(47-110)66(84)98/h48-64,110H,12-47,78-83H2,1-11H3,(H2,84,98)(H,85,97)(H,86,99)(H,87,101)(H,88,100)(H,89,105)(H,90,106)(H,91,107)(H,92,102)(H,93,103)(H,94,104)(H,95,108)(H,96,109)/t53-,54-,55-,56-,57-,58-,59-,60-,61-,62-,63-,64-/m0/s1. The second kappa shape index (κ2) is 60.8. The second-order valence-electron chi connectivity index (χ2n) is 31.4. The van der Waals surface area contributed by atoms with Gasteiger partial charge in [-0.2, -0.15) is 12.6 Å². The Morgan fingerprint density at radius 3 is 0.609 bits per heavy atom. The summed E-state index contributed by atoms with van der Waals surface area (Å²) in [5.74, 6) is -9.62. The number of thiol groups is 1. The van der Waals surface area contributed by atoms with Crippen molar-refractivity contribution in [3.63, 3.8) is 0 Å². The number of primary amides is 1. The molecular weight excluding hydrogens is 1430 g/mol. The van der Waals surface area contributed by atoms with E-state index >= 15 is 0 Å². The Morgan fingerprint density at radius 2 is 0.427 bits per heavy atom. The summed E-state index contributed by atoms with van der Waals surface area (Å²) < 4.78 is 0. The van der Waals surface area contributed by atoms with E-state index in [-0.39, 0.29) is 138 Å². The zero-order chi connectivity index (χ0) is 83.3. The largest absolute Gasteiger partial charge is 0.368 e. The maximum Gasteiger partial charge on any atom is 0.243 e. The first-order chi connectivity index (χ1) is 52.2. The number of rotatable bonds is 65. The highest BCUT2D eigenvalue weighted by Crippen LogP contribution is 2.18. The van der Waals surface area contributed by atoms with Crippen molar-refractivity contribution in [2.45, 2.75) is 335 Å². The van der Waals surface area contributed by atoms with Crippen LogP contribution in [0, 0.1) is 29.6 Å².